The van der Waals surface area contributed by atoms with E-state index < -0.39 is 0 Å². The Balaban J connectivity index is 1.63. The average molecular weight is 344 g/mol. The van der Waals surface area contributed by atoms with Gasteiger partial charge in [0.25, 0.3) is 5.91 Å². The minimum Gasteiger partial charge on any atom is -0.465 e. The number of methoxy groups -OCH3 is 1. The number of hydrogen-bond acceptors (Lipinski definition) is 5. The van der Waals surface area contributed by atoms with Crippen LogP contribution in [-0.2, 0) is 14.4 Å². The Morgan fingerprint density at radius 3 is 2.72 bits per heavy atom. The quantitative estimate of drug-likeness (QED) is 0.340. The van der Waals surface area contributed by atoms with Crippen LogP contribution in [0, 0.1) is 0 Å². The van der Waals surface area contributed by atoms with Gasteiger partial charge in [-0.1, -0.05) is 28.9 Å². The van der Waals surface area contributed by atoms with Crippen LogP contribution >= 0.6 is 0 Å². The molecule has 134 valence electrons. The summed E-state index contributed by atoms with van der Waals surface area (Å²) in [4.78, 5) is 28.0. The number of nitrogens with zero attached hydrogens (tertiary/aromatic N) is 1. The number of ether oxygens (including phenoxy) is 1. The lowest BCUT2D eigenvalue weighted by molar-refractivity contribution is -0.125. The molecule has 0 saturated carbocycles. The van der Waals surface area contributed by atoms with Crippen molar-refractivity contribution in [3.8, 4) is 0 Å². The third kappa shape index (κ3) is 6.79. The minimum absolute atomic E-state index is 0.115. The van der Waals surface area contributed by atoms with Crippen LogP contribution in [0.25, 0.3) is 0 Å². The summed E-state index contributed by atoms with van der Waals surface area (Å²) in [5.74, 6) is -0.574. The summed E-state index contributed by atoms with van der Waals surface area (Å²) in [6.07, 6.45) is 9.49. The van der Waals surface area contributed by atoms with E-state index >= 15 is 0 Å². The van der Waals surface area contributed by atoms with E-state index in [9.17, 15) is 9.59 Å². The van der Waals surface area contributed by atoms with E-state index in [0.717, 1.165) is 24.8 Å². The lowest BCUT2D eigenvalue weighted by Crippen LogP contribution is -2.28. The van der Waals surface area contributed by atoms with Crippen molar-refractivity contribution in [2.24, 2.45) is 5.16 Å². The molecule has 0 radical (unpaired) electrons. The predicted octanol–water partition coefficient (Wildman–Crippen LogP) is 2.83. The molecule has 0 fully saturated rings. The van der Waals surface area contributed by atoms with E-state index in [1.165, 1.54) is 31.7 Å². The largest absolute Gasteiger partial charge is 0.465 e. The molecular formula is C19H24N2O4. The van der Waals surface area contributed by atoms with E-state index in [1.54, 1.807) is 24.3 Å². The van der Waals surface area contributed by atoms with Crippen molar-refractivity contribution in [3.63, 3.8) is 0 Å². The van der Waals surface area contributed by atoms with Crippen molar-refractivity contribution in [1.82, 2.24) is 5.32 Å². The molecule has 0 bridgehead atoms. The van der Waals surface area contributed by atoms with Gasteiger partial charge in [-0.15, -0.1) is 0 Å². The van der Waals surface area contributed by atoms with Gasteiger partial charge in [-0.05, 0) is 49.8 Å². The van der Waals surface area contributed by atoms with Gasteiger partial charge in [-0.3, -0.25) is 4.79 Å². The van der Waals surface area contributed by atoms with Gasteiger partial charge in [-0.2, -0.15) is 0 Å². The molecule has 2 rings (SSSR count). The van der Waals surface area contributed by atoms with Gasteiger partial charge < -0.3 is 14.9 Å². The van der Waals surface area contributed by atoms with Gasteiger partial charge in [0, 0.05) is 6.54 Å². The molecule has 0 saturated heterocycles. The van der Waals surface area contributed by atoms with Crippen molar-refractivity contribution in [2.75, 3.05) is 20.3 Å². The number of carbonyl (C=O) groups excluding carboxylic acids is 2. The smallest absolute Gasteiger partial charge is 0.337 e. The van der Waals surface area contributed by atoms with Crippen LogP contribution in [-0.4, -0.2) is 38.4 Å². The number of rotatable bonds is 8. The summed E-state index contributed by atoms with van der Waals surface area (Å²) in [7, 11) is 1.34. The Morgan fingerprint density at radius 1 is 1.24 bits per heavy atom. The van der Waals surface area contributed by atoms with Crippen molar-refractivity contribution >= 4 is 18.1 Å². The first kappa shape index (κ1) is 18.7. The van der Waals surface area contributed by atoms with Crippen molar-refractivity contribution in [3.05, 3.63) is 47.0 Å². The first-order valence-electron chi connectivity index (χ1n) is 8.47. The van der Waals surface area contributed by atoms with Crippen LogP contribution in [0.1, 0.15) is 48.0 Å². The van der Waals surface area contributed by atoms with E-state index in [4.69, 9.17) is 4.84 Å². The molecule has 6 heteroatoms. The molecule has 6 nitrogen and oxygen atoms in total. The summed E-state index contributed by atoms with van der Waals surface area (Å²) >= 11 is 0. The Hall–Kier alpha value is -2.63. The highest BCUT2D eigenvalue weighted by atomic mass is 16.6. The first-order valence-corrected chi connectivity index (χ1v) is 8.47. The summed E-state index contributed by atoms with van der Waals surface area (Å²) in [6, 6.07) is 6.72. The number of esters is 1. The standard InChI is InChI=1S/C19H24N2O4/c1-24-19(23)17-9-7-16(8-10-17)13-21-25-14-18(22)20-12-11-15-5-3-2-4-6-15/h5,7-10,13H,2-4,6,11-12,14H2,1H3,(H,20,22)/b21-13-. The molecule has 1 amide bonds. The Kier molecular flexibility index (Phi) is 7.69. The van der Waals surface area contributed by atoms with Crippen LogP contribution in [0.2, 0.25) is 0 Å². The fourth-order valence-electron chi connectivity index (χ4n) is 2.56. The first-order chi connectivity index (χ1) is 12.2. The number of allylic oxidation sites excluding steroid dienone is 1. The minimum atomic E-state index is -0.389. The fraction of sp³-hybridized carbons (Fsp3) is 0.421. The SMILES string of the molecule is COC(=O)c1ccc(/C=N\OCC(=O)NCCC2=CCCCC2)cc1. The van der Waals surface area contributed by atoms with Crippen LogP contribution in [0.5, 0.6) is 0 Å². The molecule has 25 heavy (non-hydrogen) atoms. The molecule has 1 aliphatic rings. The highest BCUT2D eigenvalue weighted by Gasteiger charge is 2.06. The summed E-state index contributed by atoms with van der Waals surface area (Å²) < 4.78 is 4.63. The van der Waals surface area contributed by atoms with Gasteiger partial charge in [0.1, 0.15) is 0 Å². The number of hydrogen-bond donors (Lipinski definition) is 1. The zero-order valence-corrected chi connectivity index (χ0v) is 14.5. The van der Waals surface area contributed by atoms with Gasteiger partial charge in [0.2, 0.25) is 0 Å². The third-order valence-corrected chi connectivity index (χ3v) is 3.96. The molecule has 0 aromatic heterocycles. The number of carbonyl (C=O) groups is 2. The molecule has 1 aliphatic carbocycles. The van der Waals surface area contributed by atoms with Gasteiger partial charge in [0.15, 0.2) is 6.61 Å². The van der Waals surface area contributed by atoms with Crippen LogP contribution in [0.3, 0.4) is 0 Å². The lowest BCUT2D eigenvalue weighted by Gasteiger charge is -2.12. The molecule has 0 spiro atoms. The molecule has 0 atom stereocenters. The molecule has 0 unspecified atom stereocenters. The zero-order valence-electron chi connectivity index (χ0n) is 14.5. The summed E-state index contributed by atoms with van der Waals surface area (Å²) in [5.41, 5.74) is 2.66. The second-order valence-corrected chi connectivity index (χ2v) is 5.83. The van der Waals surface area contributed by atoms with E-state index in [-0.39, 0.29) is 18.5 Å². The van der Waals surface area contributed by atoms with Crippen LogP contribution in [0.4, 0.5) is 0 Å². The number of nitrogens with one attached hydrogen (secondary N) is 1. The second-order valence-electron chi connectivity index (χ2n) is 5.83. The maximum absolute atomic E-state index is 11.7. The Bertz CT molecular complexity index is 635. The molecule has 1 aromatic carbocycles. The number of benzene rings is 1. The second kappa shape index (κ2) is 10.3. The lowest BCUT2D eigenvalue weighted by atomic mass is 9.97. The van der Waals surface area contributed by atoms with E-state index in [0.29, 0.717) is 12.1 Å². The maximum atomic E-state index is 11.7. The van der Waals surface area contributed by atoms with Crippen molar-refractivity contribution in [1.29, 1.82) is 0 Å². The molecular weight excluding hydrogens is 320 g/mol. The highest BCUT2D eigenvalue weighted by Crippen LogP contribution is 2.19. The van der Waals surface area contributed by atoms with Crippen LogP contribution < -0.4 is 5.32 Å². The monoisotopic (exact) mass is 344 g/mol. The third-order valence-electron chi connectivity index (χ3n) is 3.96. The fourth-order valence-corrected chi connectivity index (χ4v) is 2.56. The Labute approximate surface area is 147 Å². The van der Waals surface area contributed by atoms with Gasteiger partial charge in [0.05, 0.1) is 18.9 Å². The van der Waals surface area contributed by atoms with Crippen molar-refractivity contribution in [2.45, 2.75) is 32.1 Å². The number of amides is 1. The van der Waals surface area contributed by atoms with Gasteiger partial charge in [-0.25, -0.2) is 4.79 Å². The Morgan fingerprint density at radius 2 is 2.04 bits per heavy atom. The topological polar surface area (TPSA) is 77.0 Å². The summed E-state index contributed by atoms with van der Waals surface area (Å²) in [6.45, 7) is 0.516. The van der Waals surface area contributed by atoms with E-state index in [1.807, 2.05) is 0 Å². The van der Waals surface area contributed by atoms with E-state index in [2.05, 4.69) is 21.3 Å². The van der Waals surface area contributed by atoms with Gasteiger partial charge >= 0.3 is 5.97 Å². The molecule has 1 aromatic rings. The highest BCUT2D eigenvalue weighted by molar-refractivity contribution is 5.90. The normalized spacial score (nSPS) is 14.0. The van der Waals surface area contributed by atoms with Crippen LogP contribution in [0.15, 0.2) is 41.1 Å². The summed E-state index contributed by atoms with van der Waals surface area (Å²) in [5, 5.41) is 6.59. The molecule has 0 heterocycles. The molecule has 1 N–H and O–H groups in total. The maximum Gasteiger partial charge on any atom is 0.337 e. The average Bonchev–Trinajstić information content (AvgIpc) is 2.66. The molecule has 0 aliphatic heterocycles. The zero-order chi connectivity index (χ0) is 17.9. The number of oxime groups is 1. The van der Waals surface area contributed by atoms with Crippen molar-refractivity contribution < 1.29 is 19.2 Å². The predicted molar refractivity (Wildman–Crippen MR) is 95.5 cm³/mol.